The molecule has 94 valence electrons. The average molecular weight is 262 g/mol. The van der Waals surface area contributed by atoms with Crippen LogP contribution in [0.2, 0.25) is 13.1 Å². The number of rotatable bonds is 1. The van der Waals surface area contributed by atoms with E-state index in [4.69, 9.17) is 0 Å². The van der Waals surface area contributed by atoms with E-state index in [-0.39, 0.29) is 0 Å². The molecule has 3 rings (SSSR count). The first-order valence-corrected chi connectivity index (χ1v) is 9.23. The second-order valence-corrected chi connectivity index (χ2v) is 7.84. The minimum Gasteiger partial charge on any atom is -0.0622 e. The van der Waals surface area contributed by atoms with Gasteiger partial charge in [-0.3, -0.25) is 0 Å². The Morgan fingerprint density at radius 2 is 1.58 bits per heavy atom. The molecule has 0 radical (unpaired) electrons. The number of allylic oxidation sites excluding steroid dienone is 1. The lowest BCUT2D eigenvalue weighted by Gasteiger charge is -2.13. The molecule has 0 saturated heterocycles. The molecular weight excluding hydrogens is 244 g/mol. The Kier molecular flexibility index (Phi) is 3.07. The Morgan fingerprint density at radius 3 is 2.26 bits per heavy atom. The maximum Gasteiger partial charge on any atom is 0.0140 e. The molecule has 0 fully saturated rings. The Labute approximate surface area is 116 Å². The Morgan fingerprint density at radius 1 is 0.842 bits per heavy atom. The maximum atomic E-state index is 2.38. The molecule has 0 bridgehead atoms. The summed E-state index contributed by atoms with van der Waals surface area (Å²) < 4.78 is 0. The molecule has 0 aliphatic heterocycles. The SMILES string of the molecule is CC1=Cc2cccc(-c3ccccc3)c2C1=[Si](C)C. The highest BCUT2D eigenvalue weighted by atomic mass is 28.2. The number of hydrogen-bond donors (Lipinski definition) is 0. The van der Waals surface area contributed by atoms with Crippen LogP contribution in [0.4, 0.5) is 0 Å². The third-order valence-electron chi connectivity index (χ3n) is 3.70. The third kappa shape index (κ3) is 2.04. The molecule has 0 unspecified atom stereocenters. The zero-order chi connectivity index (χ0) is 13.4. The number of benzene rings is 2. The van der Waals surface area contributed by atoms with E-state index < -0.39 is 8.41 Å². The molecule has 0 atom stereocenters. The van der Waals surface area contributed by atoms with Crippen LogP contribution in [0.3, 0.4) is 0 Å². The van der Waals surface area contributed by atoms with Gasteiger partial charge in [0.15, 0.2) is 0 Å². The highest BCUT2D eigenvalue weighted by molar-refractivity contribution is 6.76. The summed E-state index contributed by atoms with van der Waals surface area (Å²) >= 11 is 0. The monoisotopic (exact) mass is 262 g/mol. The van der Waals surface area contributed by atoms with E-state index in [1.807, 2.05) is 0 Å². The summed E-state index contributed by atoms with van der Waals surface area (Å²) in [5.41, 5.74) is 7.03. The molecular formula is C18H18Si. The highest BCUT2D eigenvalue weighted by Crippen LogP contribution is 2.34. The second kappa shape index (κ2) is 4.75. The molecule has 2 aromatic rings. The zero-order valence-corrected chi connectivity index (χ0v) is 12.7. The lowest BCUT2D eigenvalue weighted by molar-refractivity contribution is 1.58. The molecule has 0 saturated carbocycles. The predicted octanol–water partition coefficient (Wildman–Crippen LogP) is 4.63. The molecule has 0 heterocycles. The first kappa shape index (κ1) is 12.3. The first-order chi connectivity index (χ1) is 9.18. The fraction of sp³-hybridized carbons (Fsp3) is 0.167. The molecule has 0 aromatic heterocycles. The topological polar surface area (TPSA) is 0 Å². The normalized spacial score (nSPS) is 13.2. The largest absolute Gasteiger partial charge is 0.0622 e. The molecule has 1 heteroatoms. The lowest BCUT2D eigenvalue weighted by Crippen LogP contribution is -2.11. The van der Waals surface area contributed by atoms with E-state index in [2.05, 4.69) is 74.6 Å². The van der Waals surface area contributed by atoms with Gasteiger partial charge < -0.3 is 0 Å². The second-order valence-electron chi connectivity index (χ2n) is 5.34. The van der Waals surface area contributed by atoms with Gasteiger partial charge in [0, 0.05) is 8.41 Å². The molecule has 1 aliphatic rings. The summed E-state index contributed by atoms with van der Waals surface area (Å²) in [5, 5.41) is 1.60. The highest BCUT2D eigenvalue weighted by Gasteiger charge is 2.20. The van der Waals surface area contributed by atoms with Crippen molar-refractivity contribution < 1.29 is 0 Å². The third-order valence-corrected chi connectivity index (χ3v) is 5.34. The van der Waals surface area contributed by atoms with Gasteiger partial charge in [-0.15, -0.1) is 0 Å². The molecule has 0 amide bonds. The quantitative estimate of drug-likeness (QED) is 0.657. The van der Waals surface area contributed by atoms with Gasteiger partial charge in [0.2, 0.25) is 0 Å². The van der Waals surface area contributed by atoms with Crippen LogP contribution >= 0.6 is 0 Å². The van der Waals surface area contributed by atoms with E-state index in [1.165, 1.54) is 27.8 Å². The van der Waals surface area contributed by atoms with Gasteiger partial charge >= 0.3 is 0 Å². The predicted molar refractivity (Wildman–Crippen MR) is 87.1 cm³/mol. The van der Waals surface area contributed by atoms with Crippen molar-refractivity contribution in [3.8, 4) is 11.1 Å². The van der Waals surface area contributed by atoms with Crippen LogP contribution in [0.15, 0.2) is 54.1 Å². The van der Waals surface area contributed by atoms with Gasteiger partial charge in [-0.25, -0.2) is 0 Å². The van der Waals surface area contributed by atoms with Crippen LogP contribution < -0.4 is 0 Å². The van der Waals surface area contributed by atoms with E-state index in [1.54, 1.807) is 5.17 Å². The minimum atomic E-state index is -0.453. The average Bonchev–Trinajstić information content (AvgIpc) is 2.75. The van der Waals surface area contributed by atoms with Crippen molar-refractivity contribution in [2.24, 2.45) is 0 Å². The van der Waals surface area contributed by atoms with Crippen LogP contribution in [0.1, 0.15) is 18.1 Å². The fourth-order valence-electron chi connectivity index (χ4n) is 2.97. The molecule has 19 heavy (non-hydrogen) atoms. The van der Waals surface area contributed by atoms with Crippen molar-refractivity contribution in [1.29, 1.82) is 0 Å². The summed E-state index contributed by atoms with van der Waals surface area (Å²) in [6, 6.07) is 17.4. The summed E-state index contributed by atoms with van der Waals surface area (Å²) in [5.74, 6) is 0. The Hall–Kier alpha value is -1.73. The summed E-state index contributed by atoms with van der Waals surface area (Å²) in [4.78, 5) is 0. The van der Waals surface area contributed by atoms with E-state index in [0.717, 1.165) is 0 Å². The molecule has 2 aromatic carbocycles. The van der Waals surface area contributed by atoms with Gasteiger partial charge in [0.1, 0.15) is 0 Å². The van der Waals surface area contributed by atoms with Gasteiger partial charge in [-0.05, 0) is 39.9 Å². The number of hydrogen-bond acceptors (Lipinski definition) is 0. The summed E-state index contributed by atoms with van der Waals surface area (Å²) in [6.45, 7) is 7.02. The minimum absolute atomic E-state index is 0.453. The van der Waals surface area contributed by atoms with Crippen molar-refractivity contribution in [1.82, 2.24) is 0 Å². The van der Waals surface area contributed by atoms with Gasteiger partial charge in [0.05, 0.1) is 0 Å². The standard InChI is InChI=1S/C18H18Si/c1-13-12-15-10-7-11-16(14-8-5-4-6-9-14)17(15)18(13)19(2)3/h4-12H,1-3H3. The number of fused-ring (bicyclic) bond motifs is 1. The molecule has 0 N–H and O–H groups in total. The van der Waals surface area contributed by atoms with Crippen molar-refractivity contribution in [3.63, 3.8) is 0 Å². The Balaban J connectivity index is 2.29. The fourth-order valence-corrected chi connectivity index (χ4v) is 4.61. The smallest absolute Gasteiger partial charge is 0.0140 e. The van der Waals surface area contributed by atoms with Crippen molar-refractivity contribution >= 4 is 19.7 Å². The van der Waals surface area contributed by atoms with Crippen molar-refractivity contribution in [3.05, 3.63) is 65.2 Å². The van der Waals surface area contributed by atoms with Crippen LogP contribution in [-0.2, 0) is 0 Å². The van der Waals surface area contributed by atoms with Crippen LogP contribution in [0, 0.1) is 0 Å². The van der Waals surface area contributed by atoms with E-state index >= 15 is 0 Å². The van der Waals surface area contributed by atoms with Crippen LogP contribution in [0.5, 0.6) is 0 Å². The molecule has 0 nitrogen and oxygen atoms in total. The maximum absolute atomic E-state index is 2.38. The van der Waals surface area contributed by atoms with Crippen molar-refractivity contribution in [2.45, 2.75) is 20.0 Å². The Bertz CT molecular complexity index is 687. The zero-order valence-electron chi connectivity index (χ0n) is 11.7. The lowest BCUT2D eigenvalue weighted by atomic mass is 9.96. The van der Waals surface area contributed by atoms with Gasteiger partial charge in [0.25, 0.3) is 0 Å². The van der Waals surface area contributed by atoms with Crippen molar-refractivity contribution in [2.75, 3.05) is 0 Å². The van der Waals surface area contributed by atoms with Gasteiger partial charge in [-0.2, -0.15) is 0 Å². The first-order valence-electron chi connectivity index (χ1n) is 6.73. The molecule has 1 aliphatic carbocycles. The van der Waals surface area contributed by atoms with E-state index in [0.29, 0.717) is 0 Å². The van der Waals surface area contributed by atoms with Crippen LogP contribution in [0.25, 0.3) is 17.2 Å². The molecule has 0 spiro atoms. The van der Waals surface area contributed by atoms with Gasteiger partial charge in [-0.1, -0.05) is 67.7 Å². The summed E-state index contributed by atoms with van der Waals surface area (Å²) in [6.07, 6.45) is 2.34. The van der Waals surface area contributed by atoms with E-state index in [9.17, 15) is 0 Å². The summed E-state index contributed by atoms with van der Waals surface area (Å²) in [7, 11) is -0.453. The van der Waals surface area contributed by atoms with Crippen LogP contribution in [-0.4, -0.2) is 13.6 Å².